The fourth-order valence-corrected chi connectivity index (χ4v) is 4.21. The minimum Gasteiger partial charge on any atom is -0.497 e. The molecular formula is C24H26ClN3O3. The number of hydrogen-bond donors (Lipinski definition) is 1. The minimum absolute atomic E-state index is 0.0403. The maximum absolute atomic E-state index is 13.3. The van der Waals surface area contributed by atoms with Gasteiger partial charge in [0.2, 0.25) is 0 Å². The summed E-state index contributed by atoms with van der Waals surface area (Å²) < 4.78 is 10.8. The second kappa shape index (κ2) is 9.43. The summed E-state index contributed by atoms with van der Waals surface area (Å²) in [6, 6.07) is 15.2. The molecule has 1 saturated heterocycles. The molecule has 2 aromatic carbocycles. The smallest absolute Gasteiger partial charge is 0.271 e. The number of nitrogens with zero attached hydrogens (tertiary/aromatic N) is 2. The van der Waals surface area contributed by atoms with Crippen LogP contribution in [0, 0.1) is 0 Å². The number of methoxy groups -OCH3 is 2. The first-order valence-corrected chi connectivity index (χ1v) is 10.8. The van der Waals surface area contributed by atoms with E-state index in [1.807, 2.05) is 35.2 Å². The Morgan fingerprint density at radius 3 is 2.65 bits per heavy atom. The Labute approximate surface area is 187 Å². The van der Waals surface area contributed by atoms with Gasteiger partial charge in [-0.05, 0) is 54.8 Å². The molecule has 1 unspecified atom stereocenters. The van der Waals surface area contributed by atoms with Gasteiger partial charge in [0, 0.05) is 29.6 Å². The van der Waals surface area contributed by atoms with E-state index in [0.717, 1.165) is 36.4 Å². The molecular weight excluding hydrogens is 414 g/mol. The van der Waals surface area contributed by atoms with Crippen LogP contribution in [-0.2, 0) is 0 Å². The van der Waals surface area contributed by atoms with Crippen LogP contribution < -0.4 is 9.47 Å². The number of amides is 1. The Kier molecular flexibility index (Phi) is 6.47. The zero-order chi connectivity index (χ0) is 21.8. The number of H-pyrrole nitrogens is 1. The van der Waals surface area contributed by atoms with E-state index in [1.165, 1.54) is 5.56 Å². The number of halogens is 1. The highest BCUT2D eigenvalue weighted by Gasteiger charge is 2.25. The average Bonchev–Trinajstić information content (AvgIpc) is 3.16. The number of nitrogens with one attached hydrogen (secondary N) is 1. The molecule has 0 spiro atoms. The van der Waals surface area contributed by atoms with Crippen molar-refractivity contribution in [3.05, 3.63) is 64.8 Å². The lowest BCUT2D eigenvalue weighted by Crippen LogP contribution is -2.34. The maximum Gasteiger partial charge on any atom is 0.271 e. The van der Waals surface area contributed by atoms with E-state index in [9.17, 15) is 4.79 Å². The number of benzene rings is 2. The number of aromatic nitrogens is 2. The summed E-state index contributed by atoms with van der Waals surface area (Å²) in [5.41, 5.74) is 3.10. The average molecular weight is 440 g/mol. The monoisotopic (exact) mass is 439 g/mol. The molecule has 1 aliphatic heterocycles. The first-order valence-electron chi connectivity index (χ1n) is 10.4. The van der Waals surface area contributed by atoms with E-state index in [1.54, 1.807) is 20.3 Å². The van der Waals surface area contributed by atoms with Crippen molar-refractivity contribution in [2.24, 2.45) is 0 Å². The van der Waals surface area contributed by atoms with Crippen LogP contribution in [-0.4, -0.2) is 48.3 Å². The van der Waals surface area contributed by atoms with Gasteiger partial charge in [0.15, 0.2) is 0 Å². The molecule has 1 amide bonds. The summed E-state index contributed by atoms with van der Waals surface area (Å²) in [6.45, 7) is 1.41. The lowest BCUT2D eigenvalue weighted by atomic mass is 9.94. The van der Waals surface area contributed by atoms with E-state index < -0.39 is 0 Å². The van der Waals surface area contributed by atoms with Crippen LogP contribution in [0.4, 0.5) is 0 Å². The molecule has 3 aromatic rings. The predicted octanol–water partition coefficient (Wildman–Crippen LogP) is 5.16. The third kappa shape index (κ3) is 4.69. The fraction of sp³-hybridized carbons (Fsp3) is 0.333. The summed E-state index contributed by atoms with van der Waals surface area (Å²) in [4.78, 5) is 15.2. The fourth-order valence-electron chi connectivity index (χ4n) is 4.09. The molecule has 1 atom stereocenters. The van der Waals surface area contributed by atoms with E-state index >= 15 is 0 Å². The Morgan fingerprint density at radius 2 is 1.90 bits per heavy atom. The molecule has 162 valence electrons. The van der Waals surface area contributed by atoms with Crippen LogP contribution in [0.1, 0.15) is 41.2 Å². The topological polar surface area (TPSA) is 67.5 Å². The largest absolute Gasteiger partial charge is 0.497 e. The number of rotatable bonds is 5. The molecule has 0 aliphatic carbocycles. The highest BCUT2D eigenvalue weighted by Crippen LogP contribution is 2.33. The first kappa shape index (κ1) is 21.2. The van der Waals surface area contributed by atoms with Crippen molar-refractivity contribution in [1.82, 2.24) is 15.1 Å². The molecule has 7 heteroatoms. The summed E-state index contributed by atoms with van der Waals surface area (Å²) >= 11 is 6.04. The third-order valence-corrected chi connectivity index (χ3v) is 6.04. The highest BCUT2D eigenvalue weighted by atomic mass is 35.5. The van der Waals surface area contributed by atoms with E-state index in [0.29, 0.717) is 35.3 Å². The van der Waals surface area contributed by atoms with Crippen molar-refractivity contribution < 1.29 is 14.3 Å². The molecule has 1 N–H and O–H groups in total. The first-order chi connectivity index (χ1) is 15.1. The van der Waals surface area contributed by atoms with Gasteiger partial charge in [-0.15, -0.1) is 0 Å². The summed E-state index contributed by atoms with van der Waals surface area (Å²) in [5, 5.41) is 8.02. The Hall–Kier alpha value is -2.99. The van der Waals surface area contributed by atoms with Gasteiger partial charge in [0.1, 0.15) is 17.2 Å². The minimum atomic E-state index is -0.0403. The maximum atomic E-state index is 13.3. The standard InChI is InChI=1S/C24H26ClN3O3/c1-30-19-10-11-23(31-2)20(13-19)21-14-22(27-26-21)24(29)28-12-4-3-5-17(15-28)16-6-8-18(25)9-7-16/h6-11,13-14,17H,3-5,12,15H2,1-2H3,(H,26,27). The van der Waals surface area contributed by atoms with Crippen molar-refractivity contribution in [2.45, 2.75) is 25.2 Å². The van der Waals surface area contributed by atoms with E-state index in [2.05, 4.69) is 22.3 Å². The molecule has 1 aliphatic rings. The molecule has 0 saturated carbocycles. The van der Waals surface area contributed by atoms with E-state index in [4.69, 9.17) is 21.1 Å². The van der Waals surface area contributed by atoms with Crippen molar-refractivity contribution in [3.8, 4) is 22.8 Å². The summed E-state index contributed by atoms with van der Waals surface area (Å²) in [7, 11) is 3.22. The highest BCUT2D eigenvalue weighted by molar-refractivity contribution is 6.30. The quantitative estimate of drug-likeness (QED) is 0.596. The van der Waals surface area contributed by atoms with Crippen LogP contribution in [0.2, 0.25) is 5.02 Å². The summed E-state index contributed by atoms with van der Waals surface area (Å²) in [5.74, 6) is 1.62. The van der Waals surface area contributed by atoms with Crippen molar-refractivity contribution >= 4 is 17.5 Å². The van der Waals surface area contributed by atoms with Crippen molar-refractivity contribution in [1.29, 1.82) is 0 Å². The number of ether oxygens (including phenoxy) is 2. The second-order valence-corrected chi connectivity index (χ2v) is 8.16. The van der Waals surface area contributed by atoms with Gasteiger partial charge in [-0.25, -0.2) is 0 Å². The Balaban J connectivity index is 1.56. The number of carbonyl (C=O) groups excluding carboxylic acids is 1. The Bertz CT molecular complexity index is 1050. The lowest BCUT2D eigenvalue weighted by molar-refractivity contribution is 0.0748. The molecule has 2 heterocycles. The van der Waals surface area contributed by atoms with Crippen molar-refractivity contribution in [2.75, 3.05) is 27.3 Å². The molecule has 1 fully saturated rings. The van der Waals surface area contributed by atoms with Crippen molar-refractivity contribution in [3.63, 3.8) is 0 Å². The van der Waals surface area contributed by atoms with Gasteiger partial charge in [0.25, 0.3) is 5.91 Å². The van der Waals surface area contributed by atoms with Crippen LogP contribution in [0.3, 0.4) is 0 Å². The van der Waals surface area contributed by atoms with Gasteiger partial charge < -0.3 is 14.4 Å². The molecule has 0 bridgehead atoms. The van der Waals surface area contributed by atoms with E-state index in [-0.39, 0.29) is 5.91 Å². The number of hydrogen-bond acceptors (Lipinski definition) is 4. The van der Waals surface area contributed by atoms with Crippen LogP contribution >= 0.6 is 11.6 Å². The zero-order valence-corrected chi connectivity index (χ0v) is 18.5. The predicted molar refractivity (Wildman–Crippen MR) is 121 cm³/mol. The molecule has 31 heavy (non-hydrogen) atoms. The van der Waals surface area contributed by atoms with Gasteiger partial charge in [-0.1, -0.05) is 30.2 Å². The number of carbonyl (C=O) groups is 1. The van der Waals surface area contributed by atoms with Crippen LogP contribution in [0.5, 0.6) is 11.5 Å². The molecule has 1 aromatic heterocycles. The number of aromatic amines is 1. The van der Waals surface area contributed by atoms with Gasteiger partial charge in [-0.3, -0.25) is 9.89 Å². The molecule has 6 nitrogen and oxygen atoms in total. The number of likely N-dealkylation sites (tertiary alicyclic amines) is 1. The van der Waals surface area contributed by atoms with Gasteiger partial charge >= 0.3 is 0 Å². The van der Waals surface area contributed by atoms with Crippen LogP contribution in [0.25, 0.3) is 11.3 Å². The molecule has 4 rings (SSSR count). The third-order valence-electron chi connectivity index (χ3n) is 5.79. The summed E-state index contributed by atoms with van der Waals surface area (Å²) in [6.07, 6.45) is 3.13. The van der Waals surface area contributed by atoms with Gasteiger partial charge in [0.05, 0.1) is 19.9 Å². The lowest BCUT2D eigenvalue weighted by Gasteiger charge is -2.24. The molecule has 0 radical (unpaired) electrons. The zero-order valence-electron chi connectivity index (χ0n) is 17.7. The van der Waals surface area contributed by atoms with Crippen LogP contribution in [0.15, 0.2) is 48.5 Å². The Morgan fingerprint density at radius 1 is 1.10 bits per heavy atom. The van der Waals surface area contributed by atoms with Gasteiger partial charge in [-0.2, -0.15) is 5.10 Å². The second-order valence-electron chi connectivity index (χ2n) is 7.73. The normalized spacial score (nSPS) is 16.6. The SMILES string of the molecule is COc1ccc(OC)c(-c2cc(C(=O)N3CCCCC(c4ccc(Cl)cc4)C3)[nH]n2)c1.